The van der Waals surface area contributed by atoms with Gasteiger partial charge < -0.3 is 15.4 Å². The zero-order valence-electron chi connectivity index (χ0n) is 15.5. The second kappa shape index (κ2) is 9.61. The third kappa shape index (κ3) is 5.62. The molecule has 2 aromatic carbocycles. The predicted molar refractivity (Wildman–Crippen MR) is 104 cm³/mol. The molecule has 0 atom stereocenters. The van der Waals surface area contributed by atoms with Crippen molar-refractivity contribution in [3.8, 4) is 5.75 Å². The SMILES string of the molecule is CCNC(=O)c1ccccc1NC(=O)c1cccc(OCCC(C)C)c1. The summed E-state index contributed by atoms with van der Waals surface area (Å²) in [7, 11) is 0. The summed E-state index contributed by atoms with van der Waals surface area (Å²) in [6.07, 6.45) is 0.955. The molecular weight excluding hydrogens is 328 g/mol. The summed E-state index contributed by atoms with van der Waals surface area (Å²) in [4.78, 5) is 24.7. The van der Waals surface area contributed by atoms with Crippen molar-refractivity contribution in [2.24, 2.45) is 5.92 Å². The number of ether oxygens (including phenoxy) is 1. The third-order valence-electron chi connectivity index (χ3n) is 3.82. The van der Waals surface area contributed by atoms with Crippen LogP contribution in [0.3, 0.4) is 0 Å². The molecule has 2 amide bonds. The number of nitrogens with one attached hydrogen (secondary N) is 2. The highest BCUT2D eigenvalue weighted by atomic mass is 16.5. The summed E-state index contributed by atoms with van der Waals surface area (Å²) in [5.74, 6) is 0.729. The minimum absolute atomic E-state index is 0.214. The number of hydrogen-bond acceptors (Lipinski definition) is 3. The highest BCUT2D eigenvalue weighted by Gasteiger charge is 2.14. The molecule has 0 saturated carbocycles. The van der Waals surface area contributed by atoms with Crippen molar-refractivity contribution in [1.29, 1.82) is 0 Å². The van der Waals surface area contributed by atoms with Gasteiger partial charge in [0.15, 0.2) is 0 Å². The van der Waals surface area contributed by atoms with Crippen molar-refractivity contribution in [3.05, 3.63) is 59.7 Å². The highest BCUT2D eigenvalue weighted by molar-refractivity contribution is 6.09. The van der Waals surface area contributed by atoms with E-state index in [4.69, 9.17) is 4.74 Å². The van der Waals surface area contributed by atoms with Crippen LogP contribution in [0.2, 0.25) is 0 Å². The fourth-order valence-corrected chi connectivity index (χ4v) is 2.38. The van der Waals surface area contributed by atoms with Crippen LogP contribution in [0.1, 0.15) is 47.9 Å². The Balaban J connectivity index is 2.10. The Hall–Kier alpha value is -2.82. The maximum Gasteiger partial charge on any atom is 0.255 e. The van der Waals surface area contributed by atoms with Gasteiger partial charge in [-0.25, -0.2) is 0 Å². The van der Waals surface area contributed by atoms with Gasteiger partial charge in [0.1, 0.15) is 5.75 Å². The average molecular weight is 354 g/mol. The van der Waals surface area contributed by atoms with E-state index >= 15 is 0 Å². The molecule has 0 aliphatic rings. The maximum atomic E-state index is 12.6. The quantitative estimate of drug-likeness (QED) is 0.749. The second-order valence-corrected chi connectivity index (χ2v) is 6.42. The second-order valence-electron chi connectivity index (χ2n) is 6.42. The van der Waals surface area contributed by atoms with Crippen LogP contribution in [-0.4, -0.2) is 25.0 Å². The lowest BCUT2D eigenvalue weighted by molar-refractivity contribution is 0.0956. The van der Waals surface area contributed by atoms with Crippen molar-refractivity contribution in [2.75, 3.05) is 18.5 Å². The van der Waals surface area contributed by atoms with Gasteiger partial charge in [-0.3, -0.25) is 9.59 Å². The Kier molecular flexibility index (Phi) is 7.21. The van der Waals surface area contributed by atoms with E-state index in [-0.39, 0.29) is 11.8 Å². The van der Waals surface area contributed by atoms with Gasteiger partial charge in [-0.05, 0) is 49.6 Å². The number of anilines is 1. The normalized spacial score (nSPS) is 10.5. The minimum Gasteiger partial charge on any atom is -0.494 e. The summed E-state index contributed by atoms with van der Waals surface area (Å²) in [5, 5.41) is 5.56. The molecule has 0 saturated heterocycles. The molecule has 0 aliphatic carbocycles. The monoisotopic (exact) mass is 354 g/mol. The van der Waals surface area contributed by atoms with Crippen LogP contribution in [0.4, 0.5) is 5.69 Å². The average Bonchev–Trinajstić information content (AvgIpc) is 2.62. The number of hydrogen-bond donors (Lipinski definition) is 2. The van der Waals surface area contributed by atoms with Crippen LogP contribution >= 0.6 is 0 Å². The largest absolute Gasteiger partial charge is 0.494 e. The first-order valence-corrected chi connectivity index (χ1v) is 8.92. The Morgan fingerprint density at radius 2 is 1.81 bits per heavy atom. The lowest BCUT2D eigenvalue weighted by Gasteiger charge is -2.12. The van der Waals surface area contributed by atoms with Crippen LogP contribution in [0.5, 0.6) is 5.75 Å². The van der Waals surface area contributed by atoms with E-state index in [1.54, 1.807) is 42.5 Å². The molecule has 0 heterocycles. The van der Waals surface area contributed by atoms with E-state index in [9.17, 15) is 9.59 Å². The lowest BCUT2D eigenvalue weighted by Crippen LogP contribution is -2.24. The van der Waals surface area contributed by atoms with Crippen LogP contribution < -0.4 is 15.4 Å². The molecule has 0 unspecified atom stereocenters. The van der Waals surface area contributed by atoms with E-state index in [2.05, 4.69) is 24.5 Å². The number of carbonyl (C=O) groups is 2. The molecule has 0 bridgehead atoms. The van der Waals surface area contributed by atoms with Gasteiger partial charge in [-0.2, -0.15) is 0 Å². The minimum atomic E-state index is -0.281. The zero-order valence-corrected chi connectivity index (χ0v) is 15.5. The summed E-state index contributed by atoms with van der Waals surface area (Å²) >= 11 is 0. The number of para-hydroxylation sites is 1. The Morgan fingerprint density at radius 1 is 1.04 bits per heavy atom. The Labute approximate surface area is 154 Å². The molecule has 0 aromatic heterocycles. The third-order valence-corrected chi connectivity index (χ3v) is 3.82. The first-order chi connectivity index (χ1) is 12.5. The molecule has 5 nitrogen and oxygen atoms in total. The van der Waals surface area contributed by atoms with E-state index < -0.39 is 0 Å². The highest BCUT2D eigenvalue weighted by Crippen LogP contribution is 2.19. The van der Waals surface area contributed by atoms with Crippen molar-refractivity contribution < 1.29 is 14.3 Å². The van der Waals surface area contributed by atoms with Crippen molar-refractivity contribution in [2.45, 2.75) is 27.2 Å². The number of benzene rings is 2. The molecule has 5 heteroatoms. The smallest absolute Gasteiger partial charge is 0.255 e. The molecule has 0 radical (unpaired) electrons. The van der Waals surface area contributed by atoms with Crippen LogP contribution in [0.25, 0.3) is 0 Å². The van der Waals surface area contributed by atoms with E-state index in [1.165, 1.54) is 0 Å². The molecule has 2 N–H and O–H groups in total. The van der Waals surface area contributed by atoms with Crippen LogP contribution in [0.15, 0.2) is 48.5 Å². The van der Waals surface area contributed by atoms with Crippen molar-refractivity contribution in [1.82, 2.24) is 5.32 Å². The lowest BCUT2D eigenvalue weighted by atomic mass is 10.1. The number of amides is 2. The maximum absolute atomic E-state index is 12.6. The van der Waals surface area contributed by atoms with E-state index in [0.29, 0.717) is 41.6 Å². The predicted octanol–water partition coefficient (Wildman–Crippen LogP) is 4.11. The number of rotatable bonds is 8. The summed E-state index contributed by atoms with van der Waals surface area (Å²) in [5.41, 5.74) is 1.40. The standard InChI is InChI=1S/C21H26N2O3/c1-4-22-21(25)18-10-5-6-11-19(18)23-20(24)16-8-7-9-17(14-16)26-13-12-15(2)3/h5-11,14-15H,4,12-13H2,1-3H3,(H,22,25)(H,23,24). The Bertz CT molecular complexity index is 756. The first kappa shape index (κ1) is 19.5. The molecular formula is C21H26N2O3. The zero-order chi connectivity index (χ0) is 18.9. The van der Waals surface area contributed by atoms with Crippen molar-refractivity contribution >= 4 is 17.5 Å². The molecule has 0 fully saturated rings. The summed E-state index contributed by atoms with van der Waals surface area (Å²) < 4.78 is 5.71. The van der Waals surface area contributed by atoms with Crippen molar-refractivity contribution in [3.63, 3.8) is 0 Å². The Morgan fingerprint density at radius 3 is 2.54 bits per heavy atom. The molecule has 0 aliphatic heterocycles. The van der Waals surface area contributed by atoms with Gasteiger partial charge in [0.25, 0.3) is 11.8 Å². The summed E-state index contributed by atoms with van der Waals surface area (Å²) in [6, 6.07) is 14.0. The van der Waals surface area contributed by atoms with Gasteiger partial charge in [0.05, 0.1) is 17.9 Å². The molecule has 26 heavy (non-hydrogen) atoms. The topological polar surface area (TPSA) is 67.4 Å². The summed E-state index contributed by atoms with van der Waals surface area (Å²) in [6.45, 7) is 7.27. The first-order valence-electron chi connectivity index (χ1n) is 8.92. The van der Waals surface area contributed by atoms with Crippen LogP contribution in [-0.2, 0) is 0 Å². The number of carbonyl (C=O) groups excluding carboxylic acids is 2. The molecule has 2 rings (SSSR count). The van der Waals surface area contributed by atoms with Gasteiger partial charge in [0, 0.05) is 12.1 Å². The van der Waals surface area contributed by atoms with Crippen LogP contribution in [0, 0.1) is 5.92 Å². The van der Waals surface area contributed by atoms with E-state index in [0.717, 1.165) is 6.42 Å². The fourth-order valence-electron chi connectivity index (χ4n) is 2.38. The van der Waals surface area contributed by atoms with Gasteiger partial charge in [-0.1, -0.05) is 32.0 Å². The van der Waals surface area contributed by atoms with Gasteiger partial charge in [0.2, 0.25) is 0 Å². The fraction of sp³-hybridized carbons (Fsp3) is 0.333. The molecule has 138 valence electrons. The van der Waals surface area contributed by atoms with Gasteiger partial charge >= 0.3 is 0 Å². The molecule has 2 aromatic rings. The van der Waals surface area contributed by atoms with E-state index in [1.807, 2.05) is 13.0 Å². The molecule has 0 spiro atoms. The van der Waals surface area contributed by atoms with Gasteiger partial charge in [-0.15, -0.1) is 0 Å².